The number of urea groups is 1. The third-order valence-corrected chi connectivity index (χ3v) is 4.93. The second kappa shape index (κ2) is 7.97. The average molecular weight is 343 g/mol. The quantitative estimate of drug-likeness (QED) is 0.767. The smallest absolute Gasteiger partial charge is 0.319 e. The Bertz CT molecular complexity index is 694. The monoisotopic (exact) mass is 343 g/mol. The number of rotatable bonds is 4. The molecule has 0 aliphatic heterocycles. The summed E-state index contributed by atoms with van der Waals surface area (Å²) in [6, 6.07) is 10.9. The molecule has 1 aliphatic rings. The van der Waals surface area contributed by atoms with Gasteiger partial charge >= 0.3 is 6.03 Å². The van der Waals surface area contributed by atoms with E-state index in [1.165, 1.54) is 30.6 Å². The molecular weight excluding hydrogens is 322 g/mol. The van der Waals surface area contributed by atoms with E-state index in [0.29, 0.717) is 16.3 Å². The van der Waals surface area contributed by atoms with Crippen molar-refractivity contribution in [1.29, 1.82) is 0 Å². The molecule has 0 unspecified atom stereocenters. The van der Waals surface area contributed by atoms with Gasteiger partial charge in [-0.1, -0.05) is 31.4 Å². The SMILES string of the molecule is O=C(Nc1cccc(NC(=O)c2cccs2)c1)NC1CCCCC1. The minimum absolute atomic E-state index is 0.145. The van der Waals surface area contributed by atoms with E-state index in [9.17, 15) is 9.59 Å². The first-order chi connectivity index (χ1) is 11.7. The number of carbonyl (C=O) groups is 2. The van der Waals surface area contributed by atoms with Crippen LogP contribution >= 0.6 is 11.3 Å². The molecule has 24 heavy (non-hydrogen) atoms. The Balaban J connectivity index is 1.56. The largest absolute Gasteiger partial charge is 0.335 e. The summed E-state index contributed by atoms with van der Waals surface area (Å²) in [7, 11) is 0. The van der Waals surface area contributed by atoms with Gasteiger partial charge in [0.1, 0.15) is 0 Å². The molecule has 0 radical (unpaired) electrons. The fraction of sp³-hybridized carbons (Fsp3) is 0.333. The summed E-state index contributed by atoms with van der Waals surface area (Å²) in [5, 5.41) is 10.6. The Hall–Kier alpha value is -2.34. The number of carbonyl (C=O) groups excluding carboxylic acids is 2. The van der Waals surface area contributed by atoms with E-state index in [2.05, 4.69) is 16.0 Å². The molecule has 0 spiro atoms. The summed E-state index contributed by atoms with van der Waals surface area (Å²) in [4.78, 5) is 24.8. The molecule has 0 saturated heterocycles. The Kier molecular flexibility index (Phi) is 5.48. The van der Waals surface area contributed by atoms with Gasteiger partial charge in [0.2, 0.25) is 0 Å². The van der Waals surface area contributed by atoms with E-state index in [-0.39, 0.29) is 18.0 Å². The van der Waals surface area contributed by atoms with Crippen LogP contribution in [-0.2, 0) is 0 Å². The van der Waals surface area contributed by atoms with E-state index in [4.69, 9.17) is 0 Å². The lowest BCUT2D eigenvalue weighted by Gasteiger charge is -2.22. The highest BCUT2D eigenvalue weighted by Gasteiger charge is 2.15. The van der Waals surface area contributed by atoms with Gasteiger partial charge in [-0.25, -0.2) is 4.79 Å². The topological polar surface area (TPSA) is 70.2 Å². The summed E-state index contributed by atoms with van der Waals surface area (Å²) in [6.45, 7) is 0. The van der Waals surface area contributed by atoms with Crippen LogP contribution in [0.2, 0.25) is 0 Å². The van der Waals surface area contributed by atoms with Gasteiger partial charge in [0.15, 0.2) is 0 Å². The summed E-state index contributed by atoms with van der Waals surface area (Å²) >= 11 is 1.39. The second-order valence-electron chi connectivity index (χ2n) is 5.95. The molecule has 3 rings (SSSR count). The molecular formula is C18H21N3O2S. The van der Waals surface area contributed by atoms with Gasteiger partial charge in [-0.2, -0.15) is 0 Å². The van der Waals surface area contributed by atoms with Gasteiger partial charge in [-0.15, -0.1) is 11.3 Å². The zero-order valence-electron chi connectivity index (χ0n) is 13.4. The molecule has 1 heterocycles. The van der Waals surface area contributed by atoms with Gasteiger partial charge in [-0.3, -0.25) is 4.79 Å². The van der Waals surface area contributed by atoms with Crippen LogP contribution in [0.1, 0.15) is 41.8 Å². The molecule has 3 N–H and O–H groups in total. The van der Waals surface area contributed by atoms with Crippen LogP contribution in [0.3, 0.4) is 0 Å². The van der Waals surface area contributed by atoms with Gasteiger partial charge in [0, 0.05) is 17.4 Å². The van der Waals surface area contributed by atoms with Crippen molar-refractivity contribution in [3.63, 3.8) is 0 Å². The Morgan fingerprint density at radius 3 is 2.42 bits per heavy atom. The van der Waals surface area contributed by atoms with Gasteiger partial charge in [0.25, 0.3) is 5.91 Å². The summed E-state index contributed by atoms with van der Waals surface area (Å²) in [5.41, 5.74) is 1.32. The molecule has 6 heteroatoms. The predicted octanol–water partition coefficient (Wildman–Crippen LogP) is 4.45. The first-order valence-corrected chi connectivity index (χ1v) is 9.11. The van der Waals surface area contributed by atoms with Crippen molar-refractivity contribution in [2.75, 3.05) is 10.6 Å². The maximum Gasteiger partial charge on any atom is 0.319 e. The zero-order chi connectivity index (χ0) is 16.8. The van der Waals surface area contributed by atoms with E-state index in [1.807, 2.05) is 11.4 Å². The molecule has 1 saturated carbocycles. The van der Waals surface area contributed by atoms with Gasteiger partial charge < -0.3 is 16.0 Å². The maximum absolute atomic E-state index is 12.1. The number of thiophene rings is 1. The lowest BCUT2D eigenvalue weighted by molar-refractivity contribution is 0.103. The molecule has 1 aromatic carbocycles. The van der Waals surface area contributed by atoms with Crippen molar-refractivity contribution < 1.29 is 9.59 Å². The fourth-order valence-electron chi connectivity index (χ4n) is 2.87. The molecule has 3 amide bonds. The Morgan fingerprint density at radius 1 is 0.958 bits per heavy atom. The van der Waals surface area contributed by atoms with Crippen LogP contribution in [-0.4, -0.2) is 18.0 Å². The lowest BCUT2D eigenvalue weighted by atomic mass is 9.96. The molecule has 1 aliphatic carbocycles. The number of amides is 3. The van der Waals surface area contributed by atoms with E-state index in [1.54, 1.807) is 30.3 Å². The number of nitrogens with one attached hydrogen (secondary N) is 3. The van der Waals surface area contributed by atoms with Crippen LogP contribution in [0.25, 0.3) is 0 Å². The molecule has 2 aromatic rings. The van der Waals surface area contributed by atoms with Gasteiger partial charge in [-0.05, 0) is 42.5 Å². The van der Waals surface area contributed by atoms with Crippen molar-refractivity contribution in [2.45, 2.75) is 38.1 Å². The molecule has 0 bridgehead atoms. The molecule has 1 fully saturated rings. The number of hydrogen-bond donors (Lipinski definition) is 3. The van der Waals surface area contributed by atoms with Crippen LogP contribution in [0, 0.1) is 0 Å². The minimum Gasteiger partial charge on any atom is -0.335 e. The number of hydrogen-bond acceptors (Lipinski definition) is 3. The molecule has 1 aromatic heterocycles. The predicted molar refractivity (Wildman–Crippen MR) is 97.7 cm³/mol. The van der Waals surface area contributed by atoms with Gasteiger partial charge in [0.05, 0.1) is 4.88 Å². The molecule has 126 valence electrons. The van der Waals surface area contributed by atoms with Crippen molar-refractivity contribution in [2.24, 2.45) is 0 Å². The van der Waals surface area contributed by atoms with Crippen molar-refractivity contribution in [3.8, 4) is 0 Å². The number of anilines is 2. The second-order valence-corrected chi connectivity index (χ2v) is 6.89. The number of benzene rings is 1. The average Bonchev–Trinajstić information content (AvgIpc) is 3.10. The Morgan fingerprint density at radius 2 is 1.71 bits per heavy atom. The standard InChI is InChI=1S/C18H21N3O2S/c22-17(16-10-5-11-24-16)19-14-8-4-9-15(12-14)21-18(23)20-13-6-2-1-3-7-13/h4-5,8-13H,1-3,6-7H2,(H,19,22)(H2,20,21,23). The summed E-state index contributed by atoms with van der Waals surface area (Å²) in [5.74, 6) is -0.145. The third-order valence-electron chi connectivity index (χ3n) is 4.06. The first-order valence-electron chi connectivity index (χ1n) is 8.23. The molecule has 5 nitrogen and oxygen atoms in total. The van der Waals surface area contributed by atoms with E-state index < -0.39 is 0 Å². The van der Waals surface area contributed by atoms with E-state index >= 15 is 0 Å². The normalized spacial score (nSPS) is 14.8. The maximum atomic E-state index is 12.1. The van der Waals surface area contributed by atoms with Crippen LogP contribution < -0.4 is 16.0 Å². The molecule has 0 atom stereocenters. The zero-order valence-corrected chi connectivity index (χ0v) is 14.2. The first kappa shape index (κ1) is 16.5. The van der Waals surface area contributed by atoms with Crippen molar-refractivity contribution in [3.05, 3.63) is 46.7 Å². The summed E-state index contributed by atoms with van der Waals surface area (Å²) < 4.78 is 0. The van der Waals surface area contributed by atoms with Crippen LogP contribution in [0.15, 0.2) is 41.8 Å². The minimum atomic E-state index is -0.191. The highest BCUT2D eigenvalue weighted by molar-refractivity contribution is 7.12. The van der Waals surface area contributed by atoms with Crippen LogP contribution in [0.4, 0.5) is 16.2 Å². The lowest BCUT2D eigenvalue weighted by Crippen LogP contribution is -2.39. The van der Waals surface area contributed by atoms with Crippen molar-refractivity contribution in [1.82, 2.24) is 5.32 Å². The highest BCUT2D eigenvalue weighted by Crippen LogP contribution is 2.19. The fourth-order valence-corrected chi connectivity index (χ4v) is 3.49. The Labute approximate surface area is 145 Å². The third kappa shape index (κ3) is 4.58. The van der Waals surface area contributed by atoms with Crippen molar-refractivity contribution >= 4 is 34.6 Å². The highest BCUT2D eigenvalue weighted by atomic mass is 32.1. The van der Waals surface area contributed by atoms with E-state index in [0.717, 1.165) is 12.8 Å². The summed E-state index contributed by atoms with van der Waals surface area (Å²) in [6.07, 6.45) is 5.70. The van der Waals surface area contributed by atoms with Crippen LogP contribution in [0.5, 0.6) is 0 Å².